The summed E-state index contributed by atoms with van der Waals surface area (Å²) in [7, 11) is 0. The van der Waals surface area contributed by atoms with Crippen LogP contribution in [0.2, 0.25) is 0 Å². The van der Waals surface area contributed by atoms with Gasteiger partial charge in [0.25, 0.3) is 0 Å². The number of benzene rings is 2. The lowest BCUT2D eigenvalue weighted by Crippen LogP contribution is -2.24. The number of imidazole rings is 1. The van der Waals surface area contributed by atoms with E-state index in [1.54, 1.807) is 0 Å². The first-order chi connectivity index (χ1) is 13.2. The maximum absolute atomic E-state index is 12.4. The molecule has 0 atom stereocenters. The maximum Gasteiger partial charge on any atom is 0.227 e. The van der Waals surface area contributed by atoms with Crippen LogP contribution in [0, 0.1) is 5.92 Å². The van der Waals surface area contributed by atoms with Gasteiger partial charge in [-0.05, 0) is 55.3 Å². The van der Waals surface area contributed by atoms with Crippen molar-refractivity contribution in [2.24, 2.45) is 5.92 Å². The third kappa shape index (κ3) is 3.84. The Balaban J connectivity index is 1.52. The van der Waals surface area contributed by atoms with E-state index in [4.69, 9.17) is 0 Å². The highest BCUT2D eigenvalue weighted by atomic mass is 16.2. The zero-order valence-corrected chi connectivity index (χ0v) is 15.0. The molecule has 3 aromatic rings. The number of anilines is 2. The highest BCUT2D eigenvalue weighted by molar-refractivity contribution is 5.94. The highest BCUT2D eigenvalue weighted by Crippen LogP contribution is 2.27. The maximum atomic E-state index is 12.4. The second-order valence-corrected chi connectivity index (χ2v) is 6.98. The molecule has 0 saturated heterocycles. The smallest absolute Gasteiger partial charge is 0.227 e. The van der Waals surface area contributed by atoms with Crippen LogP contribution in [0.4, 0.5) is 11.4 Å². The number of aromatic amines is 1. The Labute approximate surface area is 157 Å². The van der Waals surface area contributed by atoms with E-state index in [2.05, 4.69) is 20.6 Å². The number of nitrogens with one attached hydrogen (secondary N) is 3. The Morgan fingerprint density at radius 2 is 1.78 bits per heavy atom. The molecular weight excluding hydrogens is 340 g/mol. The number of H-pyrrole nitrogens is 1. The fourth-order valence-corrected chi connectivity index (χ4v) is 3.63. The molecule has 0 radical (unpaired) electrons. The molecule has 1 aliphatic rings. The van der Waals surface area contributed by atoms with Crippen molar-refractivity contribution in [2.45, 2.75) is 32.1 Å². The van der Waals surface area contributed by atoms with E-state index in [0.29, 0.717) is 6.41 Å². The summed E-state index contributed by atoms with van der Waals surface area (Å²) in [6.45, 7) is 0. The molecule has 138 valence electrons. The molecule has 2 amide bonds. The van der Waals surface area contributed by atoms with Crippen LogP contribution in [0.25, 0.3) is 22.4 Å². The number of hydrogen-bond donors (Lipinski definition) is 3. The van der Waals surface area contributed by atoms with Crippen molar-refractivity contribution in [3.05, 3.63) is 42.5 Å². The summed E-state index contributed by atoms with van der Waals surface area (Å²) < 4.78 is 0. The molecule has 1 saturated carbocycles. The van der Waals surface area contributed by atoms with E-state index in [-0.39, 0.29) is 11.8 Å². The number of fused-ring (bicyclic) bond motifs is 1. The van der Waals surface area contributed by atoms with Gasteiger partial charge < -0.3 is 15.6 Å². The van der Waals surface area contributed by atoms with Gasteiger partial charge in [-0.3, -0.25) is 9.59 Å². The lowest BCUT2D eigenvalue weighted by molar-refractivity contribution is -0.120. The van der Waals surface area contributed by atoms with Crippen LogP contribution in [0.5, 0.6) is 0 Å². The topological polar surface area (TPSA) is 86.9 Å². The largest absolute Gasteiger partial charge is 0.338 e. The molecule has 6 heteroatoms. The summed E-state index contributed by atoms with van der Waals surface area (Å²) in [5, 5.41) is 5.66. The quantitative estimate of drug-likeness (QED) is 0.591. The first-order valence-electron chi connectivity index (χ1n) is 9.34. The molecule has 1 heterocycles. The number of carbonyl (C=O) groups excluding carboxylic acids is 2. The standard InChI is InChI=1S/C21H22N4O2/c26-13-22-16-8-6-14(7-9-16)20-24-18-11-10-17(12-19(18)25-20)23-21(27)15-4-2-1-3-5-15/h6-13,15H,1-5H2,(H,22,26)(H,23,27)(H,24,25). The van der Waals surface area contributed by atoms with Gasteiger partial charge in [-0.2, -0.15) is 0 Å². The molecule has 4 rings (SSSR count). The number of aromatic nitrogens is 2. The molecule has 1 aliphatic carbocycles. The zero-order valence-electron chi connectivity index (χ0n) is 15.0. The van der Waals surface area contributed by atoms with Gasteiger partial charge in [-0.15, -0.1) is 0 Å². The summed E-state index contributed by atoms with van der Waals surface area (Å²) in [6.07, 6.45) is 6.14. The van der Waals surface area contributed by atoms with Gasteiger partial charge in [0, 0.05) is 22.9 Å². The van der Waals surface area contributed by atoms with Crippen LogP contribution in [-0.2, 0) is 9.59 Å². The lowest BCUT2D eigenvalue weighted by atomic mass is 9.88. The lowest BCUT2D eigenvalue weighted by Gasteiger charge is -2.20. The van der Waals surface area contributed by atoms with Crippen molar-refractivity contribution in [2.75, 3.05) is 10.6 Å². The fraction of sp³-hybridized carbons (Fsp3) is 0.286. The molecule has 0 aliphatic heterocycles. The predicted molar refractivity (Wildman–Crippen MR) is 106 cm³/mol. The van der Waals surface area contributed by atoms with Crippen molar-refractivity contribution in [1.82, 2.24) is 9.97 Å². The summed E-state index contributed by atoms with van der Waals surface area (Å²) in [5.41, 5.74) is 4.17. The first kappa shape index (κ1) is 17.3. The average molecular weight is 362 g/mol. The Morgan fingerprint density at radius 1 is 1.04 bits per heavy atom. The second kappa shape index (κ2) is 7.61. The Bertz CT molecular complexity index is 956. The van der Waals surface area contributed by atoms with Crippen molar-refractivity contribution in [3.8, 4) is 11.4 Å². The van der Waals surface area contributed by atoms with Crippen LogP contribution in [0.3, 0.4) is 0 Å². The van der Waals surface area contributed by atoms with Crippen LogP contribution in [-0.4, -0.2) is 22.3 Å². The van der Waals surface area contributed by atoms with Crippen molar-refractivity contribution in [1.29, 1.82) is 0 Å². The number of amides is 2. The van der Waals surface area contributed by atoms with E-state index in [9.17, 15) is 9.59 Å². The van der Waals surface area contributed by atoms with Crippen molar-refractivity contribution < 1.29 is 9.59 Å². The second-order valence-electron chi connectivity index (χ2n) is 6.98. The predicted octanol–water partition coefficient (Wildman–Crippen LogP) is 4.32. The molecule has 1 fully saturated rings. The molecule has 3 N–H and O–H groups in total. The summed E-state index contributed by atoms with van der Waals surface area (Å²) in [6, 6.07) is 13.2. The van der Waals surface area contributed by atoms with Crippen molar-refractivity contribution in [3.63, 3.8) is 0 Å². The first-order valence-corrected chi connectivity index (χ1v) is 9.34. The highest BCUT2D eigenvalue weighted by Gasteiger charge is 2.21. The SMILES string of the molecule is O=CNc1ccc(-c2nc3ccc(NC(=O)C4CCCCC4)cc3[nH]2)cc1. The van der Waals surface area contributed by atoms with E-state index >= 15 is 0 Å². The summed E-state index contributed by atoms with van der Waals surface area (Å²) in [5.74, 6) is 0.996. The number of nitrogens with zero attached hydrogens (tertiary/aromatic N) is 1. The number of carbonyl (C=O) groups is 2. The Hall–Kier alpha value is -3.15. The average Bonchev–Trinajstić information content (AvgIpc) is 3.13. The van der Waals surface area contributed by atoms with Gasteiger partial charge in [-0.1, -0.05) is 19.3 Å². The minimum atomic E-state index is 0.118. The number of rotatable bonds is 5. The van der Waals surface area contributed by atoms with E-state index in [1.165, 1.54) is 6.42 Å². The van der Waals surface area contributed by atoms with Gasteiger partial charge in [0.1, 0.15) is 5.82 Å². The Kier molecular flexibility index (Phi) is 4.87. The minimum Gasteiger partial charge on any atom is -0.338 e. The molecule has 0 bridgehead atoms. The molecular formula is C21H22N4O2. The minimum absolute atomic E-state index is 0.118. The van der Waals surface area contributed by atoms with Crippen LogP contribution >= 0.6 is 0 Å². The molecule has 6 nitrogen and oxygen atoms in total. The molecule has 27 heavy (non-hydrogen) atoms. The third-order valence-electron chi connectivity index (χ3n) is 5.11. The normalized spacial score (nSPS) is 14.8. The van der Waals surface area contributed by atoms with E-state index < -0.39 is 0 Å². The molecule has 1 aromatic heterocycles. The van der Waals surface area contributed by atoms with Gasteiger partial charge in [-0.25, -0.2) is 4.98 Å². The van der Waals surface area contributed by atoms with Crippen LogP contribution in [0.15, 0.2) is 42.5 Å². The number of hydrogen-bond acceptors (Lipinski definition) is 3. The van der Waals surface area contributed by atoms with Gasteiger partial charge in [0.15, 0.2) is 0 Å². The van der Waals surface area contributed by atoms with Crippen LogP contribution in [0.1, 0.15) is 32.1 Å². The molecule has 0 unspecified atom stereocenters. The monoisotopic (exact) mass is 362 g/mol. The molecule has 2 aromatic carbocycles. The molecule has 0 spiro atoms. The van der Waals surface area contributed by atoms with Gasteiger partial charge >= 0.3 is 0 Å². The van der Waals surface area contributed by atoms with E-state index in [1.807, 2.05) is 42.5 Å². The zero-order chi connectivity index (χ0) is 18.6. The van der Waals surface area contributed by atoms with Gasteiger partial charge in [0.05, 0.1) is 11.0 Å². The fourth-order valence-electron chi connectivity index (χ4n) is 3.63. The van der Waals surface area contributed by atoms with Crippen LogP contribution < -0.4 is 10.6 Å². The third-order valence-corrected chi connectivity index (χ3v) is 5.11. The van der Waals surface area contributed by atoms with Crippen molar-refractivity contribution >= 4 is 34.7 Å². The summed E-state index contributed by atoms with van der Waals surface area (Å²) >= 11 is 0. The Morgan fingerprint density at radius 3 is 2.52 bits per heavy atom. The van der Waals surface area contributed by atoms with E-state index in [0.717, 1.165) is 59.5 Å². The van der Waals surface area contributed by atoms with Gasteiger partial charge in [0.2, 0.25) is 12.3 Å². The summed E-state index contributed by atoms with van der Waals surface area (Å²) in [4.78, 5) is 30.9.